The Balaban J connectivity index is 1.24. The van der Waals surface area contributed by atoms with Gasteiger partial charge in [0.25, 0.3) is 5.91 Å². The summed E-state index contributed by atoms with van der Waals surface area (Å²) in [6.07, 6.45) is 3.01. The predicted octanol–water partition coefficient (Wildman–Crippen LogP) is 6.59. The van der Waals surface area contributed by atoms with E-state index in [9.17, 15) is 4.79 Å². The van der Waals surface area contributed by atoms with Crippen LogP contribution >= 0.6 is 0 Å². The van der Waals surface area contributed by atoms with Gasteiger partial charge in [-0.05, 0) is 88.5 Å². The molecule has 1 unspecified atom stereocenters. The van der Waals surface area contributed by atoms with Crippen LogP contribution < -0.4 is 24.3 Å². The molecule has 1 fully saturated rings. The van der Waals surface area contributed by atoms with E-state index in [2.05, 4.69) is 33.4 Å². The number of hydrogen-bond donors (Lipinski definition) is 2. The third-order valence-electron chi connectivity index (χ3n) is 8.70. The van der Waals surface area contributed by atoms with Crippen molar-refractivity contribution in [1.82, 2.24) is 19.8 Å². The molecule has 1 amide bonds. The second kappa shape index (κ2) is 16.4. The standard InChI is InChI=1S/C37H49N5O5/c1-6-45-33-23-28(24-34(46-7-2)35(33)47-8-3)36(43)41(4)25-27(26-13-15-30(44-5)16-14-26)17-20-42-21-18-29(19-22-42)38-37-39-31-11-9-10-12-32(31)40-37/h9-16,23-24,27,29H,6-8,17-22,25H2,1-5H3,(H2,38,39,40). The summed E-state index contributed by atoms with van der Waals surface area (Å²) in [5, 5.41) is 3.61. The van der Waals surface area contributed by atoms with Crippen LogP contribution in [0.4, 0.5) is 5.95 Å². The molecule has 4 aromatic rings. The molecule has 0 radical (unpaired) electrons. The van der Waals surface area contributed by atoms with E-state index in [1.807, 2.05) is 58.2 Å². The molecule has 0 bridgehead atoms. The first kappa shape index (κ1) is 33.9. The topological polar surface area (TPSA) is 101 Å². The van der Waals surface area contributed by atoms with Crippen LogP contribution in [0, 0.1) is 0 Å². The van der Waals surface area contributed by atoms with Crippen molar-refractivity contribution in [2.24, 2.45) is 0 Å². The SMILES string of the molecule is CCOc1cc(C(=O)N(C)CC(CCN2CCC(Nc3nc4ccccc4[nH]3)CC2)c2ccc(OC)cc2)cc(OCC)c1OCC. The highest BCUT2D eigenvalue weighted by molar-refractivity contribution is 5.95. The van der Waals surface area contributed by atoms with Crippen LogP contribution in [0.15, 0.2) is 60.7 Å². The van der Waals surface area contributed by atoms with Gasteiger partial charge in [-0.2, -0.15) is 0 Å². The van der Waals surface area contributed by atoms with Crippen molar-refractivity contribution in [2.75, 3.05) is 65.5 Å². The van der Waals surface area contributed by atoms with E-state index in [-0.39, 0.29) is 11.8 Å². The number of fused-ring (bicyclic) bond motifs is 1. The Morgan fingerprint density at radius 2 is 1.64 bits per heavy atom. The summed E-state index contributed by atoms with van der Waals surface area (Å²) in [6.45, 7) is 10.6. The van der Waals surface area contributed by atoms with Gasteiger partial charge in [0.1, 0.15) is 5.75 Å². The fraction of sp³-hybridized carbons (Fsp3) is 0.459. The number of nitrogens with zero attached hydrogens (tertiary/aromatic N) is 3. The fourth-order valence-electron chi connectivity index (χ4n) is 6.24. The zero-order valence-electron chi connectivity index (χ0n) is 28.4. The van der Waals surface area contributed by atoms with Crippen molar-refractivity contribution < 1.29 is 23.7 Å². The van der Waals surface area contributed by atoms with Gasteiger partial charge >= 0.3 is 0 Å². The van der Waals surface area contributed by atoms with Crippen molar-refractivity contribution in [3.63, 3.8) is 0 Å². The molecular formula is C37H49N5O5. The summed E-state index contributed by atoms with van der Waals surface area (Å²) in [7, 11) is 3.54. The average molecular weight is 644 g/mol. The number of piperidine rings is 1. The Kier molecular flexibility index (Phi) is 11.8. The number of aromatic amines is 1. The molecule has 1 aliphatic rings. The number of H-pyrrole nitrogens is 1. The van der Waals surface area contributed by atoms with Crippen molar-refractivity contribution in [1.29, 1.82) is 0 Å². The summed E-state index contributed by atoms with van der Waals surface area (Å²) < 4.78 is 23.0. The number of likely N-dealkylation sites (tertiary alicyclic amines) is 1. The highest BCUT2D eigenvalue weighted by atomic mass is 16.5. The molecule has 1 saturated heterocycles. The monoisotopic (exact) mass is 643 g/mol. The number of likely N-dealkylation sites (N-methyl/N-ethyl adjacent to an activating group) is 1. The lowest BCUT2D eigenvalue weighted by atomic mass is 9.93. The Bertz CT molecular complexity index is 1520. The van der Waals surface area contributed by atoms with Crippen LogP contribution in [0.1, 0.15) is 61.9 Å². The van der Waals surface area contributed by atoms with Gasteiger partial charge < -0.3 is 39.0 Å². The van der Waals surface area contributed by atoms with Crippen molar-refractivity contribution in [3.05, 3.63) is 71.8 Å². The van der Waals surface area contributed by atoms with Gasteiger partial charge in [0.05, 0.1) is 38.0 Å². The number of anilines is 1. The van der Waals surface area contributed by atoms with Gasteiger partial charge in [0.15, 0.2) is 11.5 Å². The first-order valence-corrected chi connectivity index (χ1v) is 16.8. The summed E-state index contributed by atoms with van der Waals surface area (Å²) in [4.78, 5) is 26.3. The van der Waals surface area contributed by atoms with E-state index in [1.54, 1.807) is 24.1 Å². The molecule has 47 heavy (non-hydrogen) atoms. The normalized spacial score (nSPS) is 14.5. The average Bonchev–Trinajstić information content (AvgIpc) is 3.51. The van der Waals surface area contributed by atoms with E-state index in [4.69, 9.17) is 23.9 Å². The number of aromatic nitrogens is 2. The fourth-order valence-corrected chi connectivity index (χ4v) is 6.24. The number of ether oxygens (including phenoxy) is 4. The van der Waals surface area contributed by atoms with Crippen LogP contribution in [-0.2, 0) is 0 Å². The molecule has 1 atom stereocenters. The molecular weight excluding hydrogens is 594 g/mol. The smallest absolute Gasteiger partial charge is 0.253 e. The molecule has 3 aromatic carbocycles. The molecule has 2 heterocycles. The maximum Gasteiger partial charge on any atom is 0.253 e. The summed E-state index contributed by atoms with van der Waals surface area (Å²) in [6, 6.07) is 20.2. The molecule has 0 saturated carbocycles. The highest BCUT2D eigenvalue weighted by Gasteiger charge is 2.25. The second-order valence-electron chi connectivity index (χ2n) is 11.9. The second-order valence-corrected chi connectivity index (χ2v) is 11.9. The van der Waals surface area contributed by atoms with Crippen LogP contribution in [0.3, 0.4) is 0 Å². The molecule has 1 aliphatic heterocycles. The largest absolute Gasteiger partial charge is 0.497 e. The van der Waals surface area contributed by atoms with Gasteiger partial charge in [-0.25, -0.2) is 4.98 Å². The van der Waals surface area contributed by atoms with Crippen molar-refractivity contribution >= 4 is 22.9 Å². The van der Waals surface area contributed by atoms with Gasteiger partial charge in [0.2, 0.25) is 11.7 Å². The quantitative estimate of drug-likeness (QED) is 0.141. The van der Waals surface area contributed by atoms with E-state index < -0.39 is 0 Å². The molecule has 5 rings (SSSR count). The number of amides is 1. The predicted molar refractivity (Wildman–Crippen MR) is 186 cm³/mol. The molecule has 0 spiro atoms. The lowest BCUT2D eigenvalue weighted by molar-refractivity contribution is 0.0780. The minimum absolute atomic E-state index is 0.0917. The van der Waals surface area contributed by atoms with Gasteiger partial charge in [-0.1, -0.05) is 24.3 Å². The Morgan fingerprint density at radius 3 is 2.26 bits per heavy atom. The lowest BCUT2D eigenvalue weighted by Crippen LogP contribution is -2.40. The lowest BCUT2D eigenvalue weighted by Gasteiger charge is -2.34. The maximum atomic E-state index is 13.9. The van der Waals surface area contributed by atoms with E-state index in [0.29, 0.717) is 55.2 Å². The van der Waals surface area contributed by atoms with Crippen LogP contribution in [0.2, 0.25) is 0 Å². The molecule has 1 aromatic heterocycles. The van der Waals surface area contributed by atoms with E-state index in [1.165, 1.54) is 5.56 Å². The number of carbonyl (C=O) groups excluding carboxylic acids is 1. The molecule has 10 heteroatoms. The number of nitrogens with one attached hydrogen (secondary N) is 2. The summed E-state index contributed by atoms with van der Waals surface area (Å²) in [5.74, 6) is 3.27. The highest BCUT2D eigenvalue weighted by Crippen LogP contribution is 2.39. The first-order valence-electron chi connectivity index (χ1n) is 16.8. The van der Waals surface area contributed by atoms with E-state index >= 15 is 0 Å². The number of rotatable bonds is 16. The number of carbonyl (C=O) groups is 1. The number of hydrogen-bond acceptors (Lipinski definition) is 8. The maximum absolute atomic E-state index is 13.9. The van der Waals surface area contributed by atoms with Crippen LogP contribution in [0.5, 0.6) is 23.0 Å². The van der Waals surface area contributed by atoms with Crippen LogP contribution in [-0.4, -0.2) is 91.9 Å². The Hall–Kier alpha value is -4.44. The minimum atomic E-state index is -0.0917. The first-order chi connectivity index (χ1) is 22.9. The zero-order valence-corrected chi connectivity index (χ0v) is 28.4. The van der Waals surface area contributed by atoms with Gasteiger partial charge in [-0.15, -0.1) is 0 Å². The zero-order chi connectivity index (χ0) is 33.2. The molecule has 10 nitrogen and oxygen atoms in total. The summed E-state index contributed by atoms with van der Waals surface area (Å²) >= 11 is 0. The van der Waals surface area contributed by atoms with Crippen molar-refractivity contribution in [3.8, 4) is 23.0 Å². The number of benzene rings is 3. The number of imidazole rings is 1. The van der Waals surface area contributed by atoms with Crippen LogP contribution in [0.25, 0.3) is 11.0 Å². The molecule has 252 valence electrons. The summed E-state index contributed by atoms with van der Waals surface area (Å²) in [5.41, 5.74) is 3.72. The van der Waals surface area contributed by atoms with E-state index in [0.717, 1.165) is 61.6 Å². The third-order valence-corrected chi connectivity index (χ3v) is 8.70. The minimum Gasteiger partial charge on any atom is -0.497 e. The Labute approximate surface area is 278 Å². The molecule has 2 N–H and O–H groups in total. The number of methoxy groups -OCH3 is 1. The van der Waals surface area contributed by atoms with Gasteiger partial charge in [-0.3, -0.25) is 4.79 Å². The van der Waals surface area contributed by atoms with Crippen molar-refractivity contribution in [2.45, 2.75) is 52.0 Å². The molecule has 0 aliphatic carbocycles. The Morgan fingerprint density at radius 1 is 0.979 bits per heavy atom. The third kappa shape index (κ3) is 8.68. The number of para-hydroxylation sites is 2. The van der Waals surface area contributed by atoms with Gasteiger partial charge in [0, 0.05) is 44.2 Å².